The smallest absolute Gasteiger partial charge is 0.406 e. The first-order valence-corrected chi connectivity index (χ1v) is 13.7. The van der Waals surface area contributed by atoms with Crippen molar-refractivity contribution >= 4 is 43.5 Å². The molecule has 0 unspecified atom stereocenters. The van der Waals surface area contributed by atoms with Crippen LogP contribution in [0.25, 0.3) is 10.9 Å². The number of halogens is 3. The molecule has 3 N–H and O–H groups in total. The Hall–Kier alpha value is -4.30. The van der Waals surface area contributed by atoms with Gasteiger partial charge in [-0.2, -0.15) is 13.2 Å². The van der Waals surface area contributed by atoms with Crippen molar-refractivity contribution in [2.75, 3.05) is 42.4 Å². The number of aromatic nitrogens is 1. The second-order valence-electron chi connectivity index (χ2n) is 9.14. The van der Waals surface area contributed by atoms with Crippen LogP contribution in [0.15, 0.2) is 71.6 Å². The van der Waals surface area contributed by atoms with Crippen molar-refractivity contribution in [2.24, 2.45) is 0 Å². The number of phenolic OH excluding ortho intramolecular Hbond substituents is 1. The highest BCUT2D eigenvalue weighted by Crippen LogP contribution is 2.32. The number of phenols is 1. The lowest BCUT2D eigenvalue weighted by Gasteiger charge is -2.14. The van der Waals surface area contributed by atoms with Gasteiger partial charge in [0.1, 0.15) is 12.3 Å². The Labute approximate surface area is 224 Å². The molecule has 39 heavy (non-hydrogen) atoms. The normalized spacial score (nSPS) is 11.6. The lowest BCUT2D eigenvalue weighted by atomic mass is 10.2. The Morgan fingerprint density at radius 2 is 1.72 bits per heavy atom. The molecule has 0 saturated heterocycles. The third-order valence-electron chi connectivity index (χ3n) is 5.93. The molecule has 4 rings (SSSR count). The van der Waals surface area contributed by atoms with E-state index in [1.165, 1.54) is 12.1 Å². The van der Waals surface area contributed by atoms with E-state index >= 15 is 0 Å². The van der Waals surface area contributed by atoms with Gasteiger partial charge in [-0.3, -0.25) is 0 Å². The second kappa shape index (κ2) is 10.8. The van der Waals surface area contributed by atoms with Gasteiger partial charge in [-0.25, -0.2) is 8.42 Å². The average molecular weight is 557 g/mol. The molecule has 4 aromatic rings. The molecule has 1 aromatic heterocycles. The summed E-state index contributed by atoms with van der Waals surface area (Å²) in [7, 11) is 0.383. The molecule has 7 nitrogen and oxygen atoms in total. The maximum atomic E-state index is 13.5. The lowest BCUT2D eigenvalue weighted by molar-refractivity contribution is -0.140. The summed E-state index contributed by atoms with van der Waals surface area (Å²) in [6, 6.07) is 18.2. The van der Waals surface area contributed by atoms with Gasteiger partial charge in [0, 0.05) is 48.9 Å². The molecule has 0 aliphatic heterocycles. The zero-order valence-electron chi connectivity index (χ0n) is 21.5. The molecule has 1 heterocycles. The quantitative estimate of drug-likeness (QED) is 0.203. The molecule has 0 amide bonds. The zero-order chi connectivity index (χ0) is 28.4. The highest BCUT2D eigenvalue weighted by atomic mass is 32.2. The van der Waals surface area contributed by atoms with Gasteiger partial charge < -0.3 is 25.2 Å². The largest absolute Gasteiger partial charge is 0.506 e. The van der Waals surface area contributed by atoms with Crippen LogP contribution in [0.5, 0.6) is 5.75 Å². The van der Waals surface area contributed by atoms with E-state index in [1.54, 1.807) is 24.3 Å². The first-order chi connectivity index (χ1) is 18.3. The molecular formula is C28H27F3N4O3S. The monoisotopic (exact) mass is 556 g/mol. The SMILES string of the molecule is CN(C)c1ccc(Nc2cccc3c2cc(C#CCNc2ccc(S(C)(=O)=O)cc2O)n3CC(F)(F)F)cc1. The van der Waals surface area contributed by atoms with Crippen LogP contribution in [-0.2, 0) is 16.4 Å². The van der Waals surface area contributed by atoms with E-state index < -0.39 is 22.6 Å². The number of benzene rings is 3. The predicted molar refractivity (Wildman–Crippen MR) is 149 cm³/mol. The summed E-state index contributed by atoms with van der Waals surface area (Å²) < 4.78 is 64.8. The first kappa shape index (κ1) is 27.7. The summed E-state index contributed by atoms with van der Waals surface area (Å²) in [5.74, 6) is 5.32. The van der Waals surface area contributed by atoms with Crippen LogP contribution in [0, 0.1) is 11.8 Å². The Balaban J connectivity index is 1.62. The van der Waals surface area contributed by atoms with E-state index in [0.717, 1.165) is 28.3 Å². The lowest BCUT2D eigenvalue weighted by Crippen LogP contribution is -2.18. The van der Waals surface area contributed by atoms with Gasteiger partial charge >= 0.3 is 6.18 Å². The number of aromatic hydroxyl groups is 1. The average Bonchev–Trinajstić information content (AvgIpc) is 3.19. The number of rotatable bonds is 7. The minimum absolute atomic E-state index is 0.00263. The van der Waals surface area contributed by atoms with Gasteiger partial charge in [0.05, 0.1) is 28.3 Å². The van der Waals surface area contributed by atoms with Crippen LogP contribution in [0.2, 0.25) is 0 Å². The summed E-state index contributed by atoms with van der Waals surface area (Å²) in [5.41, 5.74) is 3.25. The number of hydrogen-bond acceptors (Lipinski definition) is 6. The van der Waals surface area contributed by atoms with E-state index in [1.807, 2.05) is 43.3 Å². The van der Waals surface area contributed by atoms with Crippen LogP contribution in [0.3, 0.4) is 0 Å². The Kier molecular flexibility index (Phi) is 7.70. The van der Waals surface area contributed by atoms with E-state index in [9.17, 15) is 26.7 Å². The van der Waals surface area contributed by atoms with Gasteiger partial charge in [0.25, 0.3) is 0 Å². The molecule has 0 atom stereocenters. The maximum absolute atomic E-state index is 13.5. The molecule has 0 spiro atoms. The van der Waals surface area contributed by atoms with Crippen molar-refractivity contribution in [3.63, 3.8) is 0 Å². The van der Waals surface area contributed by atoms with Crippen LogP contribution >= 0.6 is 0 Å². The molecule has 204 valence electrons. The fourth-order valence-corrected chi connectivity index (χ4v) is 4.65. The number of sulfone groups is 1. The fraction of sp³-hybridized carbons (Fsp3) is 0.214. The minimum Gasteiger partial charge on any atom is -0.506 e. The third kappa shape index (κ3) is 6.78. The van der Waals surface area contributed by atoms with Gasteiger partial charge in [-0.1, -0.05) is 12.0 Å². The van der Waals surface area contributed by atoms with Crippen LogP contribution in [0.4, 0.5) is 35.9 Å². The standard InChI is InChI=1S/C28H27F3N4O3S/c1-34(2)20-11-9-19(10-12-20)33-24-7-4-8-26-23(24)16-21(35(26)18-28(29,30)31)6-5-15-32-25-14-13-22(17-27(25)36)39(3,37)38/h4,7-14,16-17,32-33,36H,15,18H2,1-3H3. The zero-order valence-corrected chi connectivity index (χ0v) is 22.3. The van der Waals surface area contributed by atoms with Gasteiger partial charge in [0.15, 0.2) is 9.84 Å². The number of fused-ring (bicyclic) bond motifs is 1. The summed E-state index contributed by atoms with van der Waals surface area (Å²) in [6.07, 6.45) is -3.43. The van der Waals surface area contributed by atoms with Crippen LogP contribution < -0.4 is 15.5 Å². The van der Waals surface area contributed by atoms with Crippen molar-refractivity contribution in [1.29, 1.82) is 0 Å². The molecule has 0 aliphatic carbocycles. The molecule has 11 heteroatoms. The van der Waals surface area contributed by atoms with E-state index in [4.69, 9.17) is 0 Å². The molecular weight excluding hydrogens is 529 g/mol. The summed E-state index contributed by atoms with van der Waals surface area (Å²) in [4.78, 5) is 1.93. The summed E-state index contributed by atoms with van der Waals surface area (Å²) in [5, 5.41) is 16.8. The van der Waals surface area contributed by atoms with Crippen LogP contribution in [0.1, 0.15) is 5.69 Å². The summed E-state index contributed by atoms with van der Waals surface area (Å²) in [6.45, 7) is -1.20. The topological polar surface area (TPSA) is 86.6 Å². The Bertz CT molecular complexity index is 1670. The maximum Gasteiger partial charge on any atom is 0.406 e. The van der Waals surface area contributed by atoms with Gasteiger partial charge in [-0.05, 0) is 60.5 Å². The van der Waals surface area contributed by atoms with E-state index in [0.29, 0.717) is 16.6 Å². The van der Waals surface area contributed by atoms with Crippen molar-refractivity contribution < 1.29 is 26.7 Å². The molecule has 0 fully saturated rings. The molecule has 0 radical (unpaired) electrons. The number of nitrogens with zero attached hydrogens (tertiary/aromatic N) is 2. The number of alkyl halides is 3. The molecule has 0 aliphatic rings. The van der Waals surface area contributed by atoms with Crippen molar-refractivity contribution in [2.45, 2.75) is 17.6 Å². The molecule has 0 bridgehead atoms. The molecule has 3 aromatic carbocycles. The molecule has 0 saturated carbocycles. The van der Waals surface area contributed by atoms with E-state index in [-0.39, 0.29) is 28.6 Å². The Morgan fingerprint density at radius 1 is 1.00 bits per heavy atom. The fourth-order valence-electron chi connectivity index (χ4n) is 4.01. The van der Waals surface area contributed by atoms with Gasteiger partial charge in [-0.15, -0.1) is 0 Å². The van der Waals surface area contributed by atoms with E-state index in [2.05, 4.69) is 22.5 Å². The minimum atomic E-state index is -4.46. The van der Waals surface area contributed by atoms with Gasteiger partial charge in [0.2, 0.25) is 0 Å². The highest BCUT2D eigenvalue weighted by molar-refractivity contribution is 7.90. The number of anilines is 4. The summed E-state index contributed by atoms with van der Waals surface area (Å²) >= 11 is 0. The van der Waals surface area contributed by atoms with Crippen molar-refractivity contribution in [1.82, 2.24) is 4.57 Å². The second-order valence-corrected chi connectivity index (χ2v) is 11.2. The highest BCUT2D eigenvalue weighted by Gasteiger charge is 2.30. The van der Waals surface area contributed by atoms with Crippen LogP contribution in [-0.4, -0.2) is 51.2 Å². The number of nitrogens with one attached hydrogen (secondary N) is 2. The first-order valence-electron chi connectivity index (χ1n) is 11.8. The number of hydrogen-bond donors (Lipinski definition) is 3. The third-order valence-corrected chi connectivity index (χ3v) is 7.04. The Morgan fingerprint density at radius 3 is 2.33 bits per heavy atom. The van der Waals surface area contributed by atoms with Crippen molar-refractivity contribution in [3.05, 3.63) is 72.4 Å². The predicted octanol–water partition coefficient (Wildman–Crippen LogP) is 5.59. The van der Waals surface area contributed by atoms with Crippen molar-refractivity contribution in [3.8, 4) is 17.6 Å².